The topological polar surface area (TPSA) is 96.3 Å². The quantitative estimate of drug-likeness (QED) is 0.300. The molecule has 2 aromatic carbocycles. The summed E-state index contributed by atoms with van der Waals surface area (Å²) in [5.74, 6) is -1.03. The predicted molar refractivity (Wildman–Crippen MR) is 151 cm³/mol. The lowest BCUT2D eigenvalue weighted by molar-refractivity contribution is -0.146. The lowest BCUT2D eigenvalue weighted by Crippen LogP contribution is -2.36. The first kappa shape index (κ1) is 28.0. The zero-order valence-electron chi connectivity index (χ0n) is 22.9. The molecule has 0 N–H and O–H groups in total. The van der Waals surface area contributed by atoms with Crippen LogP contribution in [0.15, 0.2) is 64.8 Å². The molecule has 0 aliphatic carbocycles. The highest BCUT2D eigenvalue weighted by Gasteiger charge is 2.44. The van der Waals surface area contributed by atoms with Gasteiger partial charge in [0.2, 0.25) is 0 Å². The largest absolute Gasteiger partial charge is 0.497 e. The van der Waals surface area contributed by atoms with E-state index in [4.69, 9.17) is 23.9 Å². The average molecular weight is 549 g/mol. The van der Waals surface area contributed by atoms with E-state index in [1.807, 2.05) is 48.5 Å². The Bertz CT molecular complexity index is 1340. The van der Waals surface area contributed by atoms with Crippen LogP contribution in [0.5, 0.6) is 11.5 Å². The van der Waals surface area contributed by atoms with Crippen molar-refractivity contribution in [2.75, 3.05) is 27.4 Å². The molecule has 0 bridgehead atoms. The van der Waals surface area contributed by atoms with E-state index in [0.29, 0.717) is 22.0 Å². The zero-order valence-corrected chi connectivity index (χ0v) is 23.8. The molecule has 0 radical (unpaired) electrons. The van der Waals surface area contributed by atoms with Gasteiger partial charge in [-0.25, -0.2) is 9.78 Å². The van der Waals surface area contributed by atoms with Gasteiger partial charge in [-0.3, -0.25) is 9.79 Å². The second kappa shape index (κ2) is 12.3. The molecule has 2 heterocycles. The van der Waals surface area contributed by atoms with Crippen LogP contribution in [0, 0.1) is 5.92 Å². The Balaban J connectivity index is 1.95. The number of esters is 2. The smallest absolute Gasteiger partial charge is 0.336 e. The van der Waals surface area contributed by atoms with Crippen molar-refractivity contribution in [2.24, 2.45) is 10.9 Å². The van der Waals surface area contributed by atoms with E-state index in [1.165, 1.54) is 11.3 Å². The molecule has 0 saturated carbocycles. The summed E-state index contributed by atoms with van der Waals surface area (Å²) in [5.41, 5.74) is 3.91. The highest BCUT2D eigenvalue weighted by atomic mass is 32.1. The van der Waals surface area contributed by atoms with E-state index in [1.54, 1.807) is 41.9 Å². The fourth-order valence-corrected chi connectivity index (χ4v) is 5.91. The number of hydrogen-bond acceptors (Lipinski definition) is 9. The normalized spacial score (nSPS) is 16.9. The minimum absolute atomic E-state index is 0.196. The highest BCUT2D eigenvalue weighted by molar-refractivity contribution is 7.15. The van der Waals surface area contributed by atoms with Crippen LogP contribution < -0.4 is 9.47 Å². The third kappa shape index (κ3) is 5.73. The summed E-state index contributed by atoms with van der Waals surface area (Å²) in [5, 5.41) is 0.598. The first-order valence-corrected chi connectivity index (χ1v) is 13.5. The maximum absolute atomic E-state index is 13.3. The number of benzene rings is 2. The van der Waals surface area contributed by atoms with Gasteiger partial charge >= 0.3 is 11.9 Å². The zero-order chi connectivity index (χ0) is 28.1. The number of aromatic nitrogens is 1. The van der Waals surface area contributed by atoms with Gasteiger partial charge in [-0.2, -0.15) is 0 Å². The molecule has 3 aromatic rings. The fraction of sp³-hybridized carbons (Fsp3) is 0.333. The van der Waals surface area contributed by atoms with Crippen LogP contribution in [0.2, 0.25) is 0 Å². The Hall–Kier alpha value is -3.98. The van der Waals surface area contributed by atoms with E-state index < -0.39 is 23.8 Å². The molecular weight excluding hydrogens is 516 g/mol. The van der Waals surface area contributed by atoms with E-state index in [2.05, 4.69) is 4.99 Å². The standard InChI is InChI=1S/C30H32N2O6S/c1-7-37-29(33)23-17(3)31-18(4)24(30(34)38-8-2)25(23)28-32-26(19-9-13-21(35-5)14-10-19)27(39-28)20-11-15-22(36-6)16-12-20/h9-16,23,25H,7-8H2,1-6H3. The monoisotopic (exact) mass is 548 g/mol. The van der Waals surface area contributed by atoms with Crippen LogP contribution >= 0.6 is 11.3 Å². The molecule has 8 nitrogen and oxygen atoms in total. The number of nitrogens with zero attached hydrogens (tertiary/aromatic N) is 2. The van der Waals surface area contributed by atoms with Crippen molar-refractivity contribution in [3.05, 3.63) is 64.8 Å². The summed E-state index contributed by atoms with van der Waals surface area (Å²) in [6, 6.07) is 15.3. The van der Waals surface area contributed by atoms with Crippen LogP contribution in [-0.2, 0) is 19.1 Å². The van der Waals surface area contributed by atoms with Crippen molar-refractivity contribution >= 4 is 29.0 Å². The molecule has 1 aliphatic rings. The lowest BCUT2D eigenvalue weighted by Gasteiger charge is -2.29. The molecule has 0 saturated heterocycles. The number of carbonyl (C=O) groups excluding carboxylic acids is 2. The number of carbonyl (C=O) groups is 2. The Kier molecular flexibility index (Phi) is 8.81. The summed E-state index contributed by atoms with van der Waals surface area (Å²) in [6.45, 7) is 7.44. The lowest BCUT2D eigenvalue weighted by atomic mass is 9.80. The average Bonchev–Trinajstić information content (AvgIpc) is 3.38. The number of hydrogen-bond donors (Lipinski definition) is 0. The van der Waals surface area contributed by atoms with Crippen molar-refractivity contribution in [1.82, 2.24) is 4.98 Å². The van der Waals surface area contributed by atoms with Gasteiger partial charge in [0.15, 0.2) is 0 Å². The number of allylic oxidation sites excluding steroid dienone is 1. The van der Waals surface area contributed by atoms with Gasteiger partial charge in [0, 0.05) is 17.0 Å². The summed E-state index contributed by atoms with van der Waals surface area (Å²) < 4.78 is 21.5. The molecule has 1 aliphatic heterocycles. The van der Waals surface area contributed by atoms with Crippen molar-refractivity contribution in [3.8, 4) is 33.2 Å². The number of methoxy groups -OCH3 is 2. The third-order valence-corrected chi connectivity index (χ3v) is 7.68. The van der Waals surface area contributed by atoms with Gasteiger partial charge in [0.05, 0.1) is 49.5 Å². The van der Waals surface area contributed by atoms with Crippen molar-refractivity contribution in [2.45, 2.75) is 33.6 Å². The molecule has 2 unspecified atom stereocenters. The maximum Gasteiger partial charge on any atom is 0.336 e. The van der Waals surface area contributed by atoms with Crippen molar-refractivity contribution in [1.29, 1.82) is 0 Å². The molecule has 0 fully saturated rings. The van der Waals surface area contributed by atoms with Gasteiger partial charge in [-0.15, -0.1) is 11.3 Å². The number of rotatable bonds is 9. The minimum atomic E-state index is -0.813. The fourth-order valence-electron chi connectivity index (χ4n) is 4.67. The number of ether oxygens (including phenoxy) is 4. The second-order valence-corrected chi connectivity index (χ2v) is 9.90. The predicted octanol–water partition coefficient (Wildman–Crippen LogP) is 6.07. The SMILES string of the molecule is CCOC(=O)C1=C(C)N=C(C)C(C(=O)OCC)C1c1nc(-c2ccc(OC)cc2)c(-c2ccc(OC)cc2)s1. The summed E-state index contributed by atoms with van der Waals surface area (Å²) in [6.07, 6.45) is 0. The van der Waals surface area contributed by atoms with Crippen molar-refractivity contribution < 1.29 is 28.5 Å². The molecule has 204 valence electrons. The van der Waals surface area contributed by atoms with Crippen LogP contribution in [0.4, 0.5) is 0 Å². The molecular formula is C30H32N2O6S. The molecule has 0 spiro atoms. The molecule has 39 heavy (non-hydrogen) atoms. The molecule has 0 amide bonds. The second-order valence-electron chi connectivity index (χ2n) is 8.87. The summed E-state index contributed by atoms with van der Waals surface area (Å²) in [4.78, 5) is 37.0. The van der Waals surface area contributed by atoms with Crippen LogP contribution in [0.1, 0.15) is 38.6 Å². The first-order chi connectivity index (χ1) is 18.8. The number of aliphatic imine (C=N–C) groups is 1. The maximum atomic E-state index is 13.3. The Morgan fingerprint density at radius 2 is 1.41 bits per heavy atom. The number of thiazole rings is 1. The Labute approximate surface area is 232 Å². The van der Waals surface area contributed by atoms with Gasteiger partial charge in [-0.1, -0.05) is 0 Å². The molecule has 1 aromatic heterocycles. The highest BCUT2D eigenvalue weighted by Crippen LogP contribution is 2.46. The van der Waals surface area contributed by atoms with Crippen LogP contribution in [0.3, 0.4) is 0 Å². The Morgan fingerprint density at radius 3 is 1.95 bits per heavy atom. The first-order valence-electron chi connectivity index (χ1n) is 12.7. The third-order valence-electron chi connectivity index (χ3n) is 6.49. The molecule has 9 heteroatoms. The van der Waals surface area contributed by atoms with Gasteiger partial charge in [0.25, 0.3) is 0 Å². The van der Waals surface area contributed by atoms with Crippen molar-refractivity contribution in [3.63, 3.8) is 0 Å². The summed E-state index contributed by atoms with van der Waals surface area (Å²) in [7, 11) is 3.24. The Morgan fingerprint density at radius 1 is 0.846 bits per heavy atom. The van der Waals surface area contributed by atoms with E-state index >= 15 is 0 Å². The van der Waals surface area contributed by atoms with E-state index in [0.717, 1.165) is 33.2 Å². The molecule has 2 atom stereocenters. The molecule has 4 rings (SSSR count). The van der Waals surface area contributed by atoms with E-state index in [-0.39, 0.29) is 13.2 Å². The van der Waals surface area contributed by atoms with Crippen LogP contribution in [-0.4, -0.2) is 50.1 Å². The van der Waals surface area contributed by atoms with E-state index in [9.17, 15) is 9.59 Å². The summed E-state index contributed by atoms with van der Waals surface area (Å²) >= 11 is 1.43. The van der Waals surface area contributed by atoms with Gasteiger partial charge < -0.3 is 18.9 Å². The van der Waals surface area contributed by atoms with Gasteiger partial charge in [0.1, 0.15) is 22.4 Å². The minimum Gasteiger partial charge on any atom is -0.497 e. The van der Waals surface area contributed by atoms with Crippen LogP contribution in [0.25, 0.3) is 21.7 Å². The van der Waals surface area contributed by atoms with Gasteiger partial charge in [-0.05, 0) is 81.8 Å².